The molecule has 1 atom stereocenters. The third kappa shape index (κ3) is 3.14. The third-order valence-corrected chi connectivity index (χ3v) is 3.46. The summed E-state index contributed by atoms with van der Waals surface area (Å²) in [4.78, 5) is 0. The van der Waals surface area contributed by atoms with Gasteiger partial charge in [-0.3, -0.25) is 0 Å². The first-order valence-electron chi connectivity index (χ1n) is 6.13. The maximum absolute atomic E-state index is 10.1. The lowest BCUT2D eigenvalue weighted by molar-refractivity contribution is 0.166. The molecule has 0 saturated heterocycles. The van der Waals surface area contributed by atoms with Crippen LogP contribution in [0.5, 0.6) is 5.75 Å². The topological polar surface area (TPSA) is 29.5 Å². The van der Waals surface area contributed by atoms with E-state index in [0.717, 1.165) is 33.9 Å². The fourth-order valence-electron chi connectivity index (χ4n) is 1.89. The molecule has 0 bridgehead atoms. The van der Waals surface area contributed by atoms with Crippen LogP contribution in [-0.2, 0) is 0 Å². The van der Waals surface area contributed by atoms with Gasteiger partial charge in [-0.05, 0) is 43.9 Å². The van der Waals surface area contributed by atoms with Crippen molar-refractivity contribution >= 4 is 11.6 Å². The maximum Gasteiger partial charge on any atom is 0.125 e. The summed E-state index contributed by atoms with van der Waals surface area (Å²) in [7, 11) is 0. The van der Waals surface area contributed by atoms with E-state index in [0.29, 0.717) is 13.0 Å². The summed E-state index contributed by atoms with van der Waals surface area (Å²) in [5.41, 5.74) is 2.74. The maximum atomic E-state index is 10.1. The SMILES string of the molecule is CCCOc1cc(C)c(Cl)c(C)c1C(O)CC. The van der Waals surface area contributed by atoms with Gasteiger partial charge in [0.2, 0.25) is 0 Å². The molecule has 1 aromatic carbocycles. The van der Waals surface area contributed by atoms with E-state index >= 15 is 0 Å². The van der Waals surface area contributed by atoms with Crippen molar-refractivity contribution in [3.63, 3.8) is 0 Å². The van der Waals surface area contributed by atoms with Gasteiger partial charge in [0.05, 0.1) is 12.7 Å². The van der Waals surface area contributed by atoms with Crippen LogP contribution in [0.3, 0.4) is 0 Å². The first kappa shape index (κ1) is 14.3. The first-order chi connectivity index (χ1) is 8.02. The van der Waals surface area contributed by atoms with Gasteiger partial charge < -0.3 is 9.84 Å². The van der Waals surface area contributed by atoms with E-state index in [1.54, 1.807) is 0 Å². The van der Waals surface area contributed by atoms with E-state index in [2.05, 4.69) is 6.92 Å². The molecule has 0 aliphatic rings. The highest BCUT2D eigenvalue weighted by Crippen LogP contribution is 2.36. The minimum absolute atomic E-state index is 0.514. The minimum atomic E-state index is -0.514. The number of aliphatic hydroxyl groups is 1. The summed E-state index contributed by atoms with van der Waals surface area (Å²) in [6.45, 7) is 8.55. The lowest BCUT2D eigenvalue weighted by Gasteiger charge is -2.19. The van der Waals surface area contributed by atoms with Crippen molar-refractivity contribution in [2.24, 2.45) is 0 Å². The molecule has 0 radical (unpaired) electrons. The number of ether oxygens (including phenoxy) is 1. The van der Waals surface area contributed by atoms with Crippen molar-refractivity contribution in [1.29, 1.82) is 0 Å². The van der Waals surface area contributed by atoms with Gasteiger partial charge in [-0.15, -0.1) is 0 Å². The second-order valence-corrected chi connectivity index (χ2v) is 4.69. The highest BCUT2D eigenvalue weighted by molar-refractivity contribution is 6.32. The summed E-state index contributed by atoms with van der Waals surface area (Å²) >= 11 is 6.22. The molecule has 2 nitrogen and oxygen atoms in total. The average molecular weight is 257 g/mol. The van der Waals surface area contributed by atoms with E-state index < -0.39 is 6.10 Å². The summed E-state index contributed by atoms with van der Waals surface area (Å²) in [5.74, 6) is 0.764. The molecule has 0 aliphatic carbocycles. The van der Waals surface area contributed by atoms with E-state index in [4.69, 9.17) is 16.3 Å². The molecule has 1 unspecified atom stereocenters. The molecular weight excluding hydrogens is 236 g/mol. The van der Waals surface area contributed by atoms with E-state index in [9.17, 15) is 5.11 Å². The Morgan fingerprint density at radius 3 is 2.53 bits per heavy atom. The van der Waals surface area contributed by atoms with E-state index in [-0.39, 0.29) is 0 Å². The Hall–Kier alpha value is -0.730. The largest absolute Gasteiger partial charge is 0.493 e. The van der Waals surface area contributed by atoms with Crippen molar-refractivity contribution in [3.05, 3.63) is 27.8 Å². The lowest BCUT2D eigenvalue weighted by Crippen LogP contribution is -2.06. The molecule has 1 rings (SSSR count). The molecule has 0 aliphatic heterocycles. The van der Waals surface area contributed by atoms with Crippen LogP contribution in [0.2, 0.25) is 5.02 Å². The van der Waals surface area contributed by atoms with Gasteiger partial charge in [0.25, 0.3) is 0 Å². The standard InChI is InChI=1S/C14H21ClO2/c1-5-7-17-12-8-9(3)14(15)10(4)13(12)11(16)6-2/h8,11,16H,5-7H2,1-4H3. The molecule has 0 fully saturated rings. The molecule has 0 heterocycles. The fourth-order valence-corrected chi connectivity index (χ4v) is 2.04. The molecule has 17 heavy (non-hydrogen) atoms. The van der Waals surface area contributed by atoms with Crippen molar-refractivity contribution in [2.75, 3.05) is 6.61 Å². The molecule has 3 heteroatoms. The Bertz CT molecular complexity index is 388. The van der Waals surface area contributed by atoms with Crippen LogP contribution >= 0.6 is 11.6 Å². The van der Waals surface area contributed by atoms with Gasteiger partial charge in [-0.1, -0.05) is 25.4 Å². The summed E-state index contributed by atoms with van der Waals surface area (Å²) in [5, 5.41) is 10.8. The van der Waals surface area contributed by atoms with Crippen LogP contribution in [0.4, 0.5) is 0 Å². The van der Waals surface area contributed by atoms with Gasteiger partial charge in [-0.2, -0.15) is 0 Å². The predicted molar refractivity (Wildman–Crippen MR) is 72.0 cm³/mol. The number of hydrogen-bond donors (Lipinski definition) is 1. The summed E-state index contributed by atoms with van der Waals surface area (Å²) < 4.78 is 5.71. The molecular formula is C14H21ClO2. The highest BCUT2D eigenvalue weighted by Gasteiger charge is 2.18. The number of hydrogen-bond acceptors (Lipinski definition) is 2. The number of aryl methyl sites for hydroxylation is 1. The van der Waals surface area contributed by atoms with Gasteiger partial charge in [-0.25, -0.2) is 0 Å². The van der Waals surface area contributed by atoms with Gasteiger partial charge >= 0.3 is 0 Å². The van der Waals surface area contributed by atoms with Crippen LogP contribution in [0.1, 0.15) is 49.5 Å². The van der Waals surface area contributed by atoms with Crippen LogP contribution in [0, 0.1) is 13.8 Å². The van der Waals surface area contributed by atoms with Crippen molar-refractivity contribution in [2.45, 2.75) is 46.6 Å². The predicted octanol–water partition coefficient (Wildman–Crippen LogP) is 4.19. The van der Waals surface area contributed by atoms with Crippen LogP contribution in [0.15, 0.2) is 6.07 Å². The zero-order chi connectivity index (χ0) is 13.0. The summed E-state index contributed by atoms with van der Waals surface area (Å²) in [6.07, 6.45) is 1.09. The molecule has 1 N–H and O–H groups in total. The van der Waals surface area contributed by atoms with Gasteiger partial charge in [0.1, 0.15) is 5.75 Å². The summed E-state index contributed by atoms with van der Waals surface area (Å²) in [6, 6.07) is 1.92. The second-order valence-electron chi connectivity index (χ2n) is 4.32. The van der Waals surface area contributed by atoms with E-state index in [1.807, 2.05) is 26.8 Å². The van der Waals surface area contributed by atoms with Crippen molar-refractivity contribution < 1.29 is 9.84 Å². The van der Waals surface area contributed by atoms with Gasteiger partial charge in [0.15, 0.2) is 0 Å². The molecule has 0 spiro atoms. The highest BCUT2D eigenvalue weighted by atomic mass is 35.5. The number of benzene rings is 1. The van der Waals surface area contributed by atoms with Crippen LogP contribution in [0.25, 0.3) is 0 Å². The minimum Gasteiger partial charge on any atom is -0.493 e. The second kappa shape index (κ2) is 6.27. The van der Waals surface area contributed by atoms with Crippen molar-refractivity contribution in [3.8, 4) is 5.75 Å². The Morgan fingerprint density at radius 2 is 2.00 bits per heavy atom. The Labute approximate surface area is 109 Å². The quantitative estimate of drug-likeness (QED) is 0.856. The fraction of sp³-hybridized carbons (Fsp3) is 0.571. The molecule has 96 valence electrons. The Balaban J connectivity index is 3.25. The van der Waals surface area contributed by atoms with Crippen LogP contribution < -0.4 is 4.74 Å². The number of halogens is 1. The first-order valence-corrected chi connectivity index (χ1v) is 6.51. The third-order valence-electron chi connectivity index (χ3n) is 2.87. The molecule has 1 aromatic rings. The molecule has 0 amide bonds. The Kier molecular flexibility index (Phi) is 5.29. The molecule has 0 saturated carbocycles. The Morgan fingerprint density at radius 1 is 1.35 bits per heavy atom. The smallest absolute Gasteiger partial charge is 0.125 e. The lowest BCUT2D eigenvalue weighted by atomic mass is 9.98. The number of rotatable bonds is 5. The zero-order valence-electron chi connectivity index (χ0n) is 11.0. The van der Waals surface area contributed by atoms with Gasteiger partial charge in [0, 0.05) is 10.6 Å². The average Bonchev–Trinajstić information content (AvgIpc) is 2.32. The van der Waals surface area contributed by atoms with Crippen LogP contribution in [-0.4, -0.2) is 11.7 Å². The number of aliphatic hydroxyl groups excluding tert-OH is 1. The zero-order valence-corrected chi connectivity index (χ0v) is 11.8. The normalized spacial score (nSPS) is 12.6. The van der Waals surface area contributed by atoms with Crippen molar-refractivity contribution in [1.82, 2.24) is 0 Å². The van der Waals surface area contributed by atoms with E-state index in [1.165, 1.54) is 0 Å². The monoisotopic (exact) mass is 256 g/mol. The molecule has 0 aromatic heterocycles.